The number of nitrogens with zero attached hydrogens (tertiary/aromatic N) is 1. The predicted molar refractivity (Wildman–Crippen MR) is 68.5 cm³/mol. The second-order valence-corrected chi connectivity index (χ2v) is 4.60. The summed E-state index contributed by atoms with van der Waals surface area (Å²) in [4.78, 5) is 25.1. The van der Waals surface area contributed by atoms with Crippen molar-refractivity contribution in [1.82, 2.24) is 0 Å². The number of benzene rings is 1. The van der Waals surface area contributed by atoms with Crippen LogP contribution in [0.15, 0.2) is 24.3 Å². The van der Waals surface area contributed by atoms with Crippen LogP contribution in [0.2, 0.25) is 0 Å². The summed E-state index contributed by atoms with van der Waals surface area (Å²) in [5.41, 5.74) is 1.12. The Hall–Kier alpha value is -1.84. The number of carbonyl (C=O) groups is 2. The van der Waals surface area contributed by atoms with Crippen LogP contribution >= 0.6 is 0 Å². The highest BCUT2D eigenvalue weighted by Crippen LogP contribution is 2.43. The van der Waals surface area contributed by atoms with E-state index in [2.05, 4.69) is 0 Å². The maximum absolute atomic E-state index is 12.5. The molecule has 0 aromatic heterocycles. The molecule has 0 N–H and O–H groups in total. The molecule has 0 aliphatic carbocycles. The van der Waals surface area contributed by atoms with Crippen LogP contribution in [0.1, 0.15) is 25.8 Å². The fourth-order valence-corrected chi connectivity index (χ4v) is 2.52. The highest BCUT2D eigenvalue weighted by atomic mass is 16.5. The summed E-state index contributed by atoms with van der Waals surface area (Å²) in [6.07, 6.45) is 0.612. The number of amides is 1. The highest BCUT2D eigenvalue weighted by Gasteiger charge is 2.49. The number of likely N-dealkylation sites (N-methyl/N-ethyl adjacent to an activating group) is 1. The Morgan fingerprint density at radius 2 is 2.06 bits per heavy atom. The third kappa shape index (κ3) is 1.68. The molecule has 1 aromatic rings. The Morgan fingerprint density at radius 3 is 2.67 bits per heavy atom. The van der Waals surface area contributed by atoms with Crippen LogP contribution in [0.5, 0.6) is 0 Å². The van der Waals surface area contributed by atoms with Crippen molar-refractivity contribution in [3.63, 3.8) is 0 Å². The van der Waals surface area contributed by atoms with E-state index in [0.717, 1.165) is 11.3 Å². The molecule has 1 atom stereocenters. The topological polar surface area (TPSA) is 46.6 Å². The molecule has 18 heavy (non-hydrogen) atoms. The summed E-state index contributed by atoms with van der Waals surface area (Å²) in [6.45, 7) is 3.41. The zero-order chi connectivity index (χ0) is 13.3. The third-order valence-electron chi connectivity index (χ3n) is 3.62. The van der Waals surface area contributed by atoms with Gasteiger partial charge in [0.1, 0.15) is 12.0 Å². The van der Waals surface area contributed by atoms with Crippen LogP contribution in [0.3, 0.4) is 0 Å². The monoisotopic (exact) mass is 247 g/mol. The summed E-state index contributed by atoms with van der Waals surface area (Å²) in [5.74, 6) is -0.366. The molecule has 1 amide bonds. The second kappa shape index (κ2) is 4.44. The van der Waals surface area contributed by atoms with Gasteiger partial charge in [-0.3, -0.25) is 9.59 Å². The van der Waals surface area contributed by atoms with Crippen molar-refractivity contribution in [1.29, 1.82) is 0 Å². The van der Waals surface area contributed by atoms with Crippen molar-refractivity contribution in [2.75, 3.05) is 18.6 Å². The van der Waals surface area contributed by atoms with Crippen LogP contribution in [-0.2, 0) is 19.7 Å². The molecular weight excluding hydrogens is 230 g/mol. The first-order chi connectivity index (χ1) is 8.53. The number of carbonyl (C=O) groups excluding carboxylic acids is 2. The molecule has 0 saturated heterocycles. The maximum Gasteiger partial charge on any atom is 0.302 e. The number of hydrogen-bond donors (Lipinski definition) is 0. The summed E-state index contributed by atoms with van der Waals surface area (Å²) >= 11 is 0. The minimum absolute atomic E-state index is 0.00699. The Morgan fingerprint density at radius 1 is 1.39 bits per heavy atom. The first-order valence-corrected chi connectivity index (χ1v) is 6.04. The van der Waals surface area contributed by atoms with Gasteiger partial charge in [-0.05, 0) is 18.1 Å². The van der Waals surface area contributed by atoms with Gasteiger partial charge in [0.25, 0.3) is 0 Å². The van der Waals surface area contributed by atoms with Crippen molar-refractivity contribution in [2.24, 2.45) is 0 Å². The molecule has 1 aliphatic heterocycles. The average Bonchev–Trinajstić information content (AvgIpc) is 2.59. The van der Waals surface area contributed by atoms with Crippen molar-refractivity contribution >= 4 is 17.6 Å². The first kappa shape index (κ1) is 12.6. The van der Waals surface area contributed by atoms with Gasteiger partial charge in [0.15, 0.2) is 0 Å². The van der Waals surface area contributed by atoms with Crippen LogP contribution in [0.4, 0.5) is 5.69 Å². The van der Waals surface area contributed by atoms with E-state index in [-0.39, 0.29) is 18.5 Å². The molecule has 96 valence electrons. The Labute approximate surface area is 107 Å². The summed E-state index contributed by atoms with van der Waals surface area (Å²) < 4.78 is 5.11. The SMILES string of the molecule is CCC1(COC(C)=O)C(=O)N(C)c2ccccc21. The van der Waals surface area contributed by atoms with Crippen molar-refractivity contribution in [3.8, 4) is 0 Å². The summed E-state index contributed by atoms with van der Waals surface area (Å²) in [7, 11) is 1.76. The molecule has 1 unspecified atom stereocenters. The molecule has 0 spiro atoms. The Bertz CT molecular complexity index is 498. The van der Waals surface area contributed by atoms with Crippen LogP contribution in [0, 0.1) is 0 Å². The average molecular weight is 247 g/mol. The van der Waals surface area contributed by atoms with Gasteiger partial charge in [-0.15, -0.1) is 0 Å². The molecule has 1 aliphatic rings. The number of hydrogen-bond acceptors (Lipinski definition) is 3. The fraction of sp³-hybridized carbons (Fsp3) is 0.429. The second-order valence-electron chi connectivity index (χ2n) is 4.60. The van der Waals surface area contributed by atoms with Crippen molar-refractivity contribution in [3.05, 3.63) is 29.8 Å². The number of para-hydroxylation sites is 1. The normalized spacial score (nSPS) is 21.9. The number of esters is 1. The predicted octanol–water partition coefficient (Wildman–Crippen LogP) is 1.87. The van der Waals surface area contributed by atoms with E-state index >= 15 is 0 Å². The lowest BCUT2D eigenvalue weighted by molar-refractivity contribution is -0.144. The van der Waals surface area contributed by atoms with E-state index in [9.17, 15) is 9.59 Å². The van der Waals surface area contributed by atoms with Crippen LogP contribution < -0.4 is 4.90 Å². The molecular formula is C14H17NO3. The van der Waals surface area contributed by atoms with Gasteiger partial charge in [-0.25, -0.2) is 0 Å². The van der Waals surface area contributed by atoms with Gasteiger partial charge < -0.3 is 9.64 Å². The molecule has 0 saturated carbocycles. The van der Waals surface area contributed by atoms with E-state index in [4.69, 9.17) is 4.74 Å². The van der Waals surface area contributed by atoms with Crippen molar-refractivity contribution in [2.45, 2.75) is 25.7 Å². The smallest absolute Gasteiger partial charge is 0.302 e. The molecule has 0 fully saturated rings. The number of fused-ring (bicyclic) bond motifs is 1. The van der Waals surface area contributed by atoms with Gasteiger partial charge >= 0.3 is 5.97 Å². The zero-order valence-corrected chi connectivity index (χ0v) is 10.9. The summed E-state index contributed by atoms with van der Waals surface area (Å²) in [5, 5.41) is 0. The third-order valence-corrected chi connectivity index (χ3v) is 3.62. The zero-order valence-electron chi connectivity index (χ0n) is 10.9. The summed E-state index contributed by atoms with van der Waals surface area (Å²) in [6, 6.07) is 7.66. The van der Waals surface area contributed by atoms with Gasteiger partial charge in [0.2, 0.25) is 5.91 Å². The van der Waals surface area contributed by atoms with Gasteiger partial charge in [-0.1, -0.05) is 25.1 Å². The van der Waals surface area contributed by atoms with Gasteiger partial charge in [0, 0.05) is 19.7 Å². The lowest BCUT2D eigenvalue weighted by atomic mass is 9.80. The van der Waals surface area contributed by atoms with Gasteiger partial charge in [-0.2, -0.15) is 0 Å². The van der Waals surface area contributed by atoms with E-state index in [1.807, 2.05) is 31.2 Å². The molecule has 4 heteroatoms. The van der Waals surface area contributed by atoms with E-state index < -0.39 is 5.41 Å². The Balaban J connectivity index is 2.47. The fourth-order valence-electron chi connectivity index (χ4n) is 2.52. The molecule has 4 nitrogen and oxygen atoms in total. The molecule has 1 aromatic carbocycles. The minimum atomic E-state index is -0.725. The first-order valence-electron chi connectivity index (χ1n) is 6.04. The lowest BCUT2D eigenvalue weighted by Crippen LogP contribution is -2.42. The maximum atomic E-state index is 12.5. The molecule has 0 radical (unpaired) electrons. The largest absolute Gasteiger partial charge is 0.464 e. The van der Waals surface area contributed by atoms with Crippen molar-refractivity contribution < 1.29 is 14.3 Å². The van der Waals surface area contributed by atoms with Gasteiger partial charge in [0.05, 0.1) is 0 Å². The minimum Gasteiger partial charge on any atom is -0.464 e. The van der Waals surface area contributed by atoms with E-state index in [1.54, 1.807) is 11.9 Å². The quantitative estimate of drug-likeness (QED) is 0.766. The molecule has 1 heterocycles. The number of ether oxygens (including phenoxy) is 1. The van der Waals surface area contributed by atoms with E-state index in [0.29, 0.717) is 6.42 Å². The standard InChI is InChI=1S/C14H17NO3/c1-4-14(9-18-10(2)16)11-7-5-6-8-12(11)15(3)13(14)17/h5-8H,4,9H2,1-3H3. The highest BCUT2D eigenvalue weighted by molar-refractivity contribution is 6.07. The van der Waals surface area contributed by atoms with Crippen LogP contribution in [0.25, 0.3) is 0 Å². The molecule has 2 rings (SSSR count). The lowest BCUT2D eigenvalue weighted by Gasteiger charge is -2.25. The number of rotatable bonds is 3. The Kier molecular flexibility index (Phi) is 3.11. The molecule has 0 bridgehead atoms. The number of anilines is 1. The van der Waals surface area contributed by atoms with Crippen LogP contribution in [-0.4, -0.2) is 25.5 Å². The van der Waals surface area contributed by atoms with E-state index in [1.165, 1.54) is 6.92 Å².